The van der Waals surface area contributed by atoms with Crippen molar-refractivity contribution in [3.8, 4) is 0 Å². The SMILES string of the molecule is Cc1ccccc1N=N/C(=N\Nc1ccccc1C)[N+](=O)[O-]. The number of aryl methyl sites for hydroxylation is 2. The van der Waals surface area contributed by atoms with E-state index in [1.165, 1.54) is 0 Å². The van der Waals surface area contributed by atoms with Crippen molar-refractivity contribution in [3.63, 3.8) is 0 Å². The Morgan fingerprint density at radius 1 is 1.05 bits per heavy atom. The second-order valence-electron chi connectivity index (χ2n) is 4.58. The molecule has 0 amide bonds. The van der Waals surface area contributed by atoms with Gasteiger partial charge in [-0.25, -0.2) is 5.43 Å². The molecule has 0 atom stereocenters. The maximum absolute atomic E-state index is 11.0. The number of para-hydroxylation sites is 1. The van der Waals surface area contributed by atoms with Gasteiger partial charge in [0.05, 0.1) is 10.8 Å². The summed E-state index contributed by atoms with van der Waals surface area (Å²) in [5.41, 5.74) is 5.67. The molecule has 0 fully saturated rings. The predicted octanol–water partition coefficient (Wildman–Crippen LogP) is 4.05. The van der Waals surface area contributed by atoms with E-state index in [1.54, 1.807) is 18.2 Å². The molecule has 2 aromatic carbocycles. The van der Waals surface area contributed by atoms with Crippen LogP contribution in [-0.2, 0) is 0 Å². The summed E-state index contributed by atoms with van der Waals surface area (Å²) in [4.78, 5) is 10.3. The van der Waals surface area contributed by atoms with E-state index in [1.807, 2.05) is 44.2 Å². The number of nitrogens with one attached hydrogen (secondary N) is 1. The summed E-state index contributed by atoms with van der Waals surface area (Å²) in [6.07, 6.45) is 0. The van der Waals surface area contributed by atoms with E-state index < -0.39 is 10.9 Å². The molecule has 0 heterocycles. The summed E-state index contributed by atoms with van der Waals surface area (Å²) in [5.74, 6) is -0.605. The van der Waals surface area contributed by atoms with Gasteiger partial charge in [-0.15, -0.1) is 0 Å². The Bertz CT molecular complexity index is 740. The molecule has 0 aromatic heterocycles. The number of benzene rings is 2. The third-order valence-corrected chi connectivity index (χ3v) is 2.95. The molecule has 0 aliphatic rings. The van der Waals surface area contributed by atoms with Crippen LogP contribution in [0.4, 0.5) is 11.4 Å². The maximum Gasteiger partial charge on any atom is 0.511 e. The third-order valence-electron chi connectivity index (χ3n) is 2.95. The number of rotatable bonds is 3. The Morgan fingerprint density at radius 2 is 1.68 bits per heavy atom. The van der Waals surface area contributed by atoms with Gasteiger partial charge in [-0.3, -0.25) is 0 Å². The average molecular weight is 297 g/mol. The van der Waals surface area contributed by atoms with Gasteiger partial charge in [0, 0.05) is 5.10 Å². The number of anilines is 1. The van der Waals surface area contributed by atoms with Crippen LogP contribution in [-0.4, -0.2) is 10.9 Å². The van der Waals surface area contributed by atoms with E-state index in [0.717, 1.165) is 11.1 Å². The standard InChI is InChI=1S/C15H15N5O2/c1-11-7-3-5-9-13(11)16-18-15(20(21)22)19-17-14-10-6-4-8-12(14)2/h3-10,16H,1-2H3/b18-15+,19-17?. The van der Waals surface area contributed by atoms with Gasteiger partial charge in [0.1, 0.15) is 5.69 Å². The fourth-order valence-corrected chi connectivity index (χ4v) is 1.68. The molecule has 0 bridgehead atoms. The Morgan fingerprint density at radius 3 is 2.32 bits per heavy atom. The van der Waals surface area contributed by atoms with Crippen LogP contribution in [0.25, 0.3) is 0 Å². The maximum atomic E-state index is 11.0. The van der Waals surface area contributed by atoms with Gasteiger partial charge in [-0.2, -0.15) is 0 Å². The van der Waals surface area contributed by atoms with Gasteiger partial charge >= 0.3 is 5.96 Å². The average Bonchev–Trinajstić information content (AvgIpc) is 2.50. The summed E-state index contributed by atoms with van der Waals surface area (Å²) in [7, 11) is 0. The molecular formula is C15H15N5O2. The third kappa shape index (κ3) is 3.95. The van der Waals surface area contributed by atoms with Gasteiger partial charge in [0.15, 0.2) is 0 Å². The first-order valence-electron chi connectivity index (χ1n) is 6.59. The van der Waals surface area contributed by atoms with Crippen LogP contribution in [0, 0.1) is 24.0 Å². The van der Waals surface area contributed by atoms with E-state index in [0.29, 0.717) is 11.4 Å². The molecule has 22 heavy (non-hydrogen) atoms. The number of nitrogens with zero attached hydrogens (tertiary/aromatic N) is 4. The smallest absolute Gasteiger partial charge is 0.390 e. The largest absolute Gasteiger partial charge is 0.511 e. The van der Waals surface area contributed by atoms with Crippen molar-refractivity contribution in [2.24, 2.45) is 15.3 Å². The highest BCUT2D eigenvalue weighted by atomic mass is 16.6. The van der Waals surface area contributed by atoms with Crippen LogP contribution < -0.4 is 5.43 Å². The molecule has 112 valence electrons. The minimum atomic E-state index is -0.687. The molecule has 1 N–H and O–H groups in total. The lowest BCUT2D eigenvalue weighted by Gasteiger charge is -2.00. The van der Waals surface area contributed by atoms with E-state index in [4.69, 9.17) is 0 Å². The molecule has 0 saturated heterocycles. The fraction of sp³-hybridized carbons (Fsp3) is 0.133. The number of guanidine groups is 1. The monoisotopic (exact) mass is 297 g/mol. The summed E-state index contributed by atoms with van der Waals surface area (Å²) >= 11 is 0. The molecule has 2 rings (SSSR count). The van der Waals surface area contributed by atoms with Crippen molar-refractivity contribution in [1.29, 1.82) is 0 Å². The lowest BCUT2D eigenvalue weighted by atomic mass is 10.2. The summed E-state index contributed by atoms with van der Waals surface area (Å²) in [5, 5.41) is 22.2. The topological polar surface area (TPSA) is 92.2 Å². The highest BCUT2D eigenvalue weighted by molar-refractivity contribution is 5.73. The van der Waals surface area contributed by atoms with E-state index >= 15 is 0 Å². The number of nitro groups is 1. The molecule has 0 saturated carbocycles. The van der Waals surface area contributed by atoms with E-state index in [2.05, 4.69) is 20.8 Å². The van der Waals surface area contributed by atoms with Crippen molar-refractivity contribution in [1.82, 2.24) is 0 Å². The van der Waals surface area contributed by atoms with Crippen LogP contribution in [0.5, 0.6) is 0 Å². The zero-order valence-corrected chi connectivity index (χ0v) is 12.2. The van der Waals surface area contributed by atoms with Crippen molar-refractivity contribution < 1.29 is 4.92 Å². The number of azo groups is 1. The van der Waals surface area contributed by atoms with Gasteiger partial charge in [0.2, 0.25) is 0 Å². The lowest BCUT2D eigenvalue weighted by molar-refractivity contribution is -0.352. The Balaban J connectivity index is 2.20. The van der Waals surface area contributed by atoms with Crippen LogP contribution in [0.15, 0.2) is 63.9 Å². The highest BCUT2D eigenvalue weighted by Gasteiger charge is 2.12. The second-order valence-corrected chi connectivity index (χ2v) is 4.58. The molecule has 2 aromatic rings. The van der Waals surface area contributed by atoms with Crippen LogP contribution in [0.3, 0.4) is 0 Å². The van der Waals surface area contributed by atoms with Crippen molar-refractivity contribution in [2.75, 3.05) is 5.43 Å². The fourth-order valence-electron chi connectivity index (χ4n) is 1.68. The van der Waals surface area contributed by atoms with Gasteiger partial charge < -0.3 is 10.1 Å². The summed E-state index contributed by atoms with van der Waals surface area (Å²) < 4.78 is 0. The van der Waals surface area contributed by atoms with Gasteiger partial charge in [-0.05, 0) is 42.0 Å². The van der Waals surface area contributed by atoms with E-state index in [9.17, 15) is 10.1 Å². The minimum absolute atomic E-state index is 0.563. The second kappa shape index (κ2) is 7.07. The van der Waals surface area contributed by atoms with E-state index in [-0.39, 0.29) is 0 Å². The summed E-state index contributed by atoms with van der Waals surface area (Å²) in [6.45, 7) is 3.72. The van der Waals surface area contributed by atoms with Crippen molar-refractivity contribution in [3.05, 3.63) is 69.8 Å². The Hall–Kier alpha value is -3.09. The zero-order valence-electron chi connectivity index (χ0n) is 12.2. The predicted molar refractivity (Wildman–Crippen MR) is 84.9 cm³/mol. The highest BCUT2D eigenvalue weighted by Crippen LogP contribution is 2.17. The quantitative estimate of drug-likeness (QED) is 0.304. The molecule has 0 radical (unpaired) electrons. The van der Waals surface area contributed by atoms with Gasteiger partial charge in [-0.1, -0.05) is 41.5 Å². The first-order valence-corrected chi connectivity index (χ1v) is 6.59. The molecule has 0 spiro atoms. The Labute approximate surface area is 127 Å². The first-order chi connectivity index (χ1) is 10.6. The molecule has 7 nitrogen and oxygen atoms in total. The first kappa shape index (κ1) is 15.3. The number of hydrogen-bond acceptors (Lipinski definition) is 5. The van der Waals surface area contributed by atoms with Gasteiger partial charge in [0.25, 0.3) is 0 Å². The lowest BCUT2D eigenvalue weighted by Crippen LogP contribution is -2.10. The Kier molecular flexibility index (Phi) is 4.92. The van der Waals surface area contributed by atoms with Crippen LogP contribution in [0.1, 0.15) is 11.1 Å². The molecule has 0 aliphatic heterocycles. The van der Waals surface area contributed by atoms with Crippen molar-refractivity contribution >= 4 is 17.3 Å². The van der Waals surface area contributed by atoms with Crippen molar-refractivity contribution in [2.45, 2.75) is 13.8 Å². The van der Waals surface area contributed by atoms with Crippen LogP contribution in [0.2, 0.25) is 0 Å². The molecule has 7 heteroatoms. The minimum Gasteiger partial charge on any atom is -0.390 e. The molecular weight excluding hydrogens is 282 g/mol. The molecule has 0 unspecified atom stereocenters. The number of hydrogen-bond donors (Lipinski definition) is 1. The zero-order chi connectivity index (χ0) is 15.9. The van der Waals surface area contributed by atoms with Crippen LogP contribution >= 0.6 is 0 Å². The normalized spacial score (nSPS) is 11.6. The summed E-state index contributed by atoms with van der Waals surface area (Å²) in [6, 6.07) is 14.6. The number of hydrazone groups is 1. The molecule has 0 aliphatic carbocycles.